The Bertz CT molecular complexity index is 1020. The SMILES string of the molecule is N/C(=N/O)c1cc(-c2ccnc(/C=C/c3ccccc3)c2)[nH]c1N1CCNCC1. The third-order valence-electron chi connectivity index (χ3n) is 4.95. The number of oxime groups is 1. The number of aromatic nitrogens is 2. The summed E-state index contributed by atoms with van der Waals surface area (Å²) in [5.41, 5.74) is 10.5. The van der Waals surface area contributed by atoms with Crippen molar-refractivity contribution >= 4 is 23.8 Å². The van der Waals surface area contributed by atoms with Crippen LogP contribution in [0.4, 0.5) is 5.82 Å². The molecule has 1 saturated heterocycles. The third-order valence-corrected chi connectivity index (χ3v) is 4.95. The second kappa shape index (κ2) is 8.62. The molecule has 1 fully saturated rings. The van der Waals surface area contributed by atoms with Gasteiger partial charge in [0.25, 0.3) is 0 Å². The molecule has 1 aliphatic rings. The van der Waals surface area contributed by atoms with Crippen LogP contribution in [-0.4, -0.2) is 47.2 Å². The predicted molar refractivity (Wildman–Crippen MR) is 117 cm³/mol. The van der Waals surface area contributed by atoms with Crippen LogP contribution in [0.1, 0.15) is 16.8 Å². The largest absolute Gasteiger partial charge is 0.409 e. The van der Waals surface area contributed by atoms with Gasteiger partial charge in [-0.15, -0.1) is 0 Å². The number of piperazine rings is 1. The minimum Gasteiger partial charge on any atom is -0.409 e. The van der Waals surface area contributed by atoms with Crippen molar-refractivity contribution in [3.05, 3.63) is 71.5 Å². The normalized spacial score (nSPS) is 15.2. The van der Waals surface area contributed by atoms with Gasteiger partial charge in [0.05, 0.1) is 11.3 Å². The highest BCUT2D eigenvalue weighted by molar-refractivity contribution is 6.03. The van der Waals surface area contributed by atoms with Gasteiger partial charge in [0, 0.05) is 43.6 Å². The molecule has 1 aromatic carbocycles. The molecule has 2 aromatic heterocycles. The maximum absolute atomic E-state index is 9.21. The number of anilines is 1. The topological polar surface area (TPSA) is 103 Å². The number of H-pyrrole nitrogens is 1. The molecule has 0 bridgehead atoms. The lowest BCUT2D eigenvalue weighted by Crippen LogP contribution is -2.44. The molecule has 1 aliphatic heterocycles. The Morgan fingerprint density at radius 1 is 1.10 bits per heavy atom. The van der Waals surface area contributed by atoms with Crippen molar-refractivity contribution in [1.82, 2.24) is 15.3 Å². The van der Waals surface area contributed by atoms with Gasteiger partial charge >= 0.3 is 0 Å². The van der Waals surface area contributed by atoms with E-state index >= 15 is 0 Å². The zero-order valence-electron chi connectivity index (χ0n) is 16.0. The highest BCUT2D eigenvalue weighted by Crippen LogP contribution is 2.28. The van der Waals surface area contributed by atoms with E-state index in [9.17, 15) is 5.21 Å². The molecule has 0 radical (unpaired) electrons. The van der Waals surface area contributed by atoms with Gasteiger partial charge in [-0.2, -0.15) is 0 Å². The summed E-state index contributed by atoms with van der Waals surface area (Å²) < 4.78 is 0. The highest BCUT2D eigenvalue weighted by Gasteiger charge is 2.20. The fraction of sp³-hybridized carbons (Fsp3) is 0.182. The van der Waals surface area contributed by atoms with E-state index in [1.54, 1.807) is 6.20 Å². The van der Waals surface area contributed by atoms with Crippen LogP contribution < -0.4 is 16.0 Å². The van der Waals surface area contributed by atoms with Gasteiger partial charge < -0.3 is 26.1 Å². The Kier molecular flexibility index (Phi) is 5.58. The minimum absolute atomic E-state index is 0.0966. The van der Waals surface area contributed by atoms with Crippen LogP contribution in [0.5, 0.6) is 0 Å². The monoisotopic (exact) mass is 388 g/mol. The lowest BCUT2D eigenvalue weighted by atomic mass is 10.1. The molecule has 0 saturated carbocycles. The number of benzene rings is 1. The lowest BCUT2D eigenvalue weighted by Gasteiger charge is -2.29. The third kappa shape index (κ3) is 4.30. The molecule has 7 nitrogen and oxygen atoms in total. The molecule has 4 rings (SSSR count). The molecule has 0 spiro atoms. The standard InChI is InChI=1S/C22H24N6O/c23-21(27-29)19-15-20(26-22(19)28-12-10-24-11-13-28)17-8-9-25-18(14-17)7-6-16-4-2-1-3-5-16/h1-9,14-15,24,26,29H,10-13H2,(H2,23,27)/b7-6+. The minimum atomic E-state index is 0.0966. The molecule has 7 heteroatoms. The summed E-state index contributed by atoms with van der Waals surface area (Å²) in [5.74, 6) is 0.967. The summed E-state index contributed by atoms with van der Waals surface area (Å²) in [6.07, 6.45) is 5.81. The van der Waals surface area contributed by atoms with Crippen molar-refractivity contribution < 1.29 is 5.21 Å². The average Bonchev–Trinajstić information content (AvgIpc) is 3.24. The van der Waals surface area contributed by atoms with E-state index in [1.807, 2.05) is 60.7 Å². The second-order valence-corrected chi connectivity index (χ2v) is 6.88. The quantitative estimate of drug-likeness (QED) is 0.233. The van der Waals surface area contributed by atoms with Gasteiger partial charge in [-0.3, -0.25) is 4.98 Å². The van der Waals surface area contributed by atoms with E-state index in [1.165, 1.54) is 0 Å². The highest BCUT2D eigenvalue weighted by atomic mass is 16.4. The molecule has 29 heavy (non-hydrogen) atoms. The van der Waals surface area contributed by atoms with E-state index in [4.69, 9.17) is 5.73 Å². The Hall–Kier alpha value is -3.58. The van der Waals surface area contributed by atoms with Crippen LogP contribution in [0.3, 0.4) is 0 Å². The van der Waals surface area contributed by atoms with Crippen molar-refractivity contribution in [3.8, 4) is 11.3 Å². The first-order chi connectivity index (χ1) is 14.2. The first-order valence-electron chi connectivity index (χ1n) is 9.61. The fourth-order valence-corrected chi connectivity index (χ4v) is 3.44. The summed E-state index contributed by atoms with van der Waals surface area (Å²) in [4.78, 5) is 10.1. The van der Waals surface area contributed by atoms with E-state index in [-0.39, 0.29) is 5.84 Å². The molecule has 3 heterocycles. The second-order valence-electron chi connectivity index (χ2n) is 6.88. The molecule has 0 unspecified atom stereocenters. The van der Waals surface area contributed by atoms with E-state index in [2.05, 4.69) is 25.3 Å². The molecule has 0 atom stereocenters. The number of rotatable bonds is 5. The zero-order valence-corrected chi connectivity index (χ0v) is 16.0. The first-order valence-corrected chi connectivity index (χ1v) is 9.61. The number of amidine groups is 1. The van der Waals surface area contributed by atoms with Gasteiger partial charge in [-0.1, -0.05) is 41.6 Å². The number of nitrogens with zero attached hydrogens (tertiary/aromatic N) is 3. The van der Waals surface area contributed by atoms with Gasteiger partial charge in [0.15, 0.2) is 5.84 Å². The smallest absolute Gasteiger partial charge is 0.173 e. The average molecular weight is 388 g/mol. The Balaban J connectivity index is 1.66. The van der Waals surface area contributed by atoms with Gasteiger partial charge in [-0.25, -0.2) is 0 Å². The summed E-state index contributed by atoms with van der Waals surface area (Å²) >= 11 is 0. The van der Waals surface area contributed by atoms with Gasteiger partial charge in [0.2, 0.25) is 0 Å². The van der Waals surface area contributed by atoms with Crippen LogP contribution in [0.25, 0.3) is 23.4 Å². The summed E-state index contributed by atoms with van der Waals surface area (Å²) in [7, 11) is 0. The number of nitrogens with one attached hydrogen (secondary N) is 2. The van der Waals surface area contributed by atoms with Crippen LogP contribution in [0.15, 0.2) is 59.9 Å². The molecule has 0 aliphatic carbocycles. The van der Waals surface area contributed by atoms with Crippen LogP contribution in [-0.2, 0) is 0 Å². The van der Waals surface area contributed by atoms with Crippen LogP contribution >= 0.6 is 0 Å². The molecule has 148 valence electrons. The predicted octanol–water partition coefficient (Wildman–Crippen LogP) is 2.75. The van der Waals surface area contributed by atoms with E-state index < -0.39 is 0 Å². The first kappa shape index (κ1) is 18.8. The van der Waals surface area contributed by atoms with E-state index in [0.29, 0.717) is 5.56 Å². The number of nitrogens with two attached hydrogens (primary N) is 1. The number of pyridine rings is 1. The summed E-state index contributed by atoms with van der Waals surface area (Å²) in [6, 6.07) is 16.0. The van der Waals surface area contributed by atoms with Crippen LogP contribution in [0, 0.1) is 0 Å². The summed E-state index contributed by atoms with van der Waals surface area (Å²) in [5, 5.41) is 15.8. The molecule has 5 N–H and O–H groups in total. The van der Waals surface area contributed by atoms with Gasteiger partial charge in [-0.05, 0) is 29.8 Å². The molecule has 0 amide bonds. The van der Waals surface area contributed by atoms with Crippen molar-refractivity contribution in [2.75, 3.05) is 31.1 Å². The number of hydrogen-bond donors (Lipinski definition) is 4. The molecular weight excluding hydrogens is 364 g/mol. The van der Waals surface area contributed by atoms with Crippen molar-refractivity contribution in [3.63, 3.8) is 0 Å². The maximum atomic E-state index is 9.21. The summed E-state index contributed by atoms with van der Waals surface area (Å²) in [6.45, 7) is 3.50. The fourth-order valence-electron chi connectivity index (χ4n) is 3.44. The molecule has 3 aromatic rings. The number of hydrogen-bond acceptors (Lipinski definition) is 5. The number of aromatic amines is 1. The Labute approximate surface area is 169 Å². The van der Waals surface area contributed by atoms with Crippen LogP contribution in [0.2, 0.25) is 0 Å². The van der Waals surface area contributed by atoms with Crippen molar-refractivity contribution in [1.29, 1.82) is 0 Å². The molecular formula is C22H24N6O. The zero-order chi connectivity index (χ0) is 20.1. The van der Waals surface area contributed by atoms with Gasteiger partial charge in [0.1, 0.15) is 5.82 Å². The Morgan fingerprint density at radius 3 is 2.66 bits per heavy atom. The lowest BCUT2D eigenvalue weighted by molar-refractivity contribution is 0.318. The Morgan fingerprint density at radius 2 is 1.90 bits per heavy atom. The van der Waals surface area contributed by atoms with E-state index in [0.717, 1.165) is 54.5 Å². The maximum Gasteiger partial charge on any atom is 0.173 e. The van der Waals surface area contributed by atoms with Crippen molar-refractivity contribution in [2.24, 2.45) is 10.9 Å². The van der Waals surface area contributed by atoms with Crippen molar-refractivity contribution in [2.45, 2.75) is 0 Å².